The van der Waals surface area contributed by atoms with Crippen LogP contribution in [0.25, 0.3) is 0 Å². The van der Waals surface area contributed by atoms with E-state index < -0.39 is 0 Å². The van der Waals surface area contributed by atoms with Gasteiger partial charge in [-0.3, -0.25) is 0 Å². The first-order valence-electron chi connectivity index (χ1n) is 4.00. The lowest BCUT2D eigenvalue weighted by atomic mass is 10.4. The fourth-order valence-corrected chi connectivity index (χ4v) is 1.49. The molecule has 2 nitrogen and oxygen atoms in total. The van der Waals surface area contributed by atoms with Gasteiger partial charge in [-0.15, -0.1) is 0 Å². The topological polar surface area (TPSA) is 17.8 Å². The number of imidazole rings is 1. The minimum atomic E-state index is 0.798. The summed E-state index contributed by atoms with van der Waals surface area (Å²) in [4.78, 5) is 4.09. The van der Waals surface area contributed by atoms with E-state index in [0.717, 1.165) is 18.2 Å². The molecule has 0 amide bonds. The van der Waals surface area contributed by atoms with Crippen LogP contribution in [0.3, 0.4) is 0 Å². The molecule has 1 saturated carbocycles. The van der Waals surface area contributed by atoms with Gasteiger partial charge in [-0.1, -0.05) is 0 Å². The van der Waals surface area contributed by atoms with E-state index in [1.54, 1.807) is 0 Å². The summed E-state index contributed by atoms with van der Waals surface area (Å²) in [5, 5.41) is 0. The van der Waals surface area contributed by atoms with Crippen LogP contribution in [0.4, 0.5) is 0 Å². The van der Waals surface area contributed by atoms with Crippen molar-refractivity contribution in [2.75, 3.05) is 0 Å². The molecule has 0 aromatic carbocycles. The summed E-state index contributed by atoms with van der Waals surface area (Å²) in [5.41, 5.74) is 1.24. The van der Waals surface area contributed by atoms with Crippen molar-refractivity contribution < 1.29 is 0 Å². The van der Waals surface area contributed by atoms with Gasteiger partial charge in [0.25, 0.3) is 0 Å². The molecular formula is C8H12N2S. The van der Waals surface area contributed by atoms with Gasteiger partial charge in [-0.05, 0) is 18.8 Å². The van der Waals surface area contributed by atoms with E-state index in [2.05, 4.69) is 22.2 Å². The SMILES string of the molecule is SCc1cncn1CC1CC1. The molecule has 0 N–H and O–H groups in total. The first kappa shape index (κ1) is 7.22. The molecule has 2 rings (SSSR count). The number of aromatic nitrogens is 2. The maximum absolute atomic E-state index is 4.23. The fourth-order valence-electron chi connectivity index (χ4n) is 1.22. The number of rotatable bonds is 3. The predicted octanol–water partition coefficient (Wildman–Crippen LogP) is 1.72. The van der Waals surface area contributed by atoms with Crippen molar-refractivity contribution in [3.63, 3.8) is 0 Å². The van der Waals surface area contributed by atoms with Crippen LogP contribution < -0.4 is 0 Å². The maximum atomic E-state index is 4.23. The van der Waals surface area contributed by atoms with Crippen LogP contribution in [0.2, 0.25) is 0 Å². The number of nitrogens with zero attached hydrogens (tertiary/aromatic N) is 2. The van der Waals surface area contributed by atoms with E-state index in [-0.39, 0.29) is 0 Å². The number of thiol groups is 1. The van der Waals surface area contributed by atoms with Gasteiger partial charge < -0.3 is 4.57 Å². The maximum Gasteiger partial charge on any atom is 0.0948 e. The molecule has 0 atom stereocenters. The molecule has 0 unspecified atom stereocenters. The fraction of sp³-hybridized carbons (Fsp3) is 0.625. The average Bonchev–Trinajstić information content (AvgIpc) is 2.68. The molecule has 1 heterocycles. The Labute approximate surface area is 72.0 Å². The van der Waals surface area contributed by atoms with Crippen LogP contribution >= 0.6 is 12.6 Å². The molecule has 1 aromatic heterocycles. The normalized spacial score (nSPS) is 17.2. The molecule has 1 aliphatic carbocycles. The van der Waals surface area contributed by atoms with Crippen molar-refractivity contribution in [3.8, 4) is 0 Å². The molecule has 11 heavy (non-hydrogen) atoms. The van der Waals surface area contributed by atoms with Crippen molar-refractivity contribution in [2.24, 2.45) is 5.92 Å². The van der Waals surface area contributed by atoms with E-state index in [0.29, 0.717) is 0 Å². The van der Waals surface area contributed by atoms with Gasteiger partial charge >= 0.3 is 0 Å². The molecule has 1 aliphatic rings. The molecular weight excluding hydrogens is 156 g/mol. The second-order valence-corrected chi connectivity index (χ2v) is 3.46. The molecule has 0 bridgehead atoms. The van der Waals surface area contributed by atoms with Crippen LogP contribution in [0.15, 0.2) is 12.5 Å². The smallest absolute Gasteiger partial charge is 0.0948 e. The van der Waals surface area contributed by atoms with Crippen LogP contribution in [-0.2, 0) is 12.3 Å². The summed E-state index contributed by atoms with van der Waals surface area (Å²) >= 11 is 4.23. The molecule has 0 saturated heterocycles. The zero-order valence-electron chi connectivity index (χ0n) is 6.40. The molecule has 60 valence electrons. The third-order valence-electron chi connectivity index (χ3n) is 2.11. The van der Waals surface area contributed by atoms with E-state index in [9.17, 15) is 0 Å². The summed E-state index contributed by atoms with van der Waals surface area (Å²) < 4.78 is 2.21. The van der Waals surface area contributed by atoms with Crippen LogP contribution in [0.1, 0.15) is 18.5 Å². The summed E-state index contributed by atoms with van der Waals surface area (Å²) in [6, 6.07) is 0. The van der Waals surface area contributed by atoms with Crippen molar-refractivity contribution in [1.82, 2.24) is 9.55 Å². The number of hydrogen-bond donors (Lipinski definition) is 1. The highest BCUT2D eigenvalue weighted by molar-refractivity contribution is 7.79. The Morgan fingerprint density at radius 2 is 2.45 bits per heavy atom. The van der Waals surface area contributed by atoms with Gasteiger partial charge in [0, 0.05) is 24.2 Å². The third-order valence-corrected chi connectivity index (χ3v) is 2.44. The Balaban J connectivity index is 2.07. The van der Waals surface area contributed by atoms with E-state index in [1.807, 2.05) is 12.5 Å². The summed E-state index contributed by atoms with van der Waals surface area (Å²) in [7, 11) is 0. The van der Waals surface area contributed by atoms with Crippen molar-refractivity contribution >= 4 is 12.6 Å². The van der Waals surface area contributed by atoms with Gasteiger partial charge in [-0.2, -0.15) is 12.6 Å². The van der Waals surface area contributed by atoms with Gasteiger partial charge in [0.2, 0.25) is 0 Å². The van der Waals surface area contributed by atoms with Crippen LogP contribution in [-0.4, -0.2) is 9.55 Å². The molecule has 0 aliphatic heterocycles. The van der Waals surface area contributed by atoms with Gasteiger partial charge in [0.05, 0.1) is 6.33 Å². The minimum absolute atomic E-state index is 0.798. The Bertz CT molecular complexity index is 240. The lowest BCUT2D eigenvalue weighted by Gasteiger charge is -2.03. The lowest BCUT2D eigenvalue weighted by molar-refractivity contribution is 0.612. The highest BCUT2D eigenvalue weighted by atomic mass is 32.1. The quantitative estimate of drug-likeness (QED) is 0.680. The van der Waals surface area contributed by atoms with Crippen molar-refractivity contribution in [2.45, 2.75) is 25.1 Å². The van der Waals surface area contributed by atoms with Crippen molar-refractivity contribution in [1.29, 1.82) is 0 Å². The lowest BCUT2D eigenvalue weighted by Crippen LogP contribution is -2.01. The zero-order valence-corrected chi connectivity index (χ0v) is 7.30. The largest absolute Gasteiger partial charge is 0.334 e. The Kier molecular flexibility index (Phi) is 1.90. The first-order valence-corrected chi connectivity index (χ1v) is 4.63. The number of hydrogen-bond acceptors (Lipinski definition) is 2. The highest BCUT2D eigenvalue weighted by Gasteiger charge is 2.22. The van der Waals surface area contributed by atoms with Gasteiger partial charge in [0.1, 0.15) is 0 Å². The summed E-state index contributed by atoms with van der Waals surface area (Å²) in [6.07, 6.45) is 6.59. The summed E-state index contributed by atoms with van der Waals surface area (Å²) in [5.74, 6) is 1.72. The molecule has 0 spiro atoms. The Hall–Kier alpha value is -0.440. The minimum Gasteiger partial charge on any atom is -0.334 e. The zero-order chi connectivity index (χ0) is 7.68. The summed E-state index contributed by atoms with van der Waals surface area (Å²) in [6.45, 7) is 1.15. The molecule has 0 radical (unpaired) electrons. The molecule has 1 fully saturated rings. The van der Waals surface area contributed by atoms with Crippen molar-refractivity contribution in [3.05, 3.63) is 18.2 Å². The van der Waals surface area contributed by atoms with E-state index in [4.69, 9.17) is 0 Å². The second-order valence-electron chi connectivity index (χ2n) is 3.14. The van der Waals surface area contributed by atoms with E-state index in [1.165, 1.54) is 18.5 Å². The first-order chi connectivity index (χ1) is 5.40. The van der Waals surface area contributed by atoms with Crippen LogP contribution in [0.5, 0.6) is 0 Å². The molecule has 1 aromatic rings. The van der Waals surface area contributed by atoms with Gasteiger partial charge in [-0.25, -0.2) is 4.98 Å². The van der Waals surface area contributed by atoms with Crippen LogP contribution in [0, 0.1) is 5.92 Å². The van der Waals surface area contributed by atoms with E-state index >= 15 is 0 Å². The Morgan fingerprint density at radius 3 is 3.09 bits per heavy atom. The predicted molar refractivity (Wildman–Crippen MR) is 47.6 cm³/mol. The second kappa shape index (κ2) is 2.89. The average molecular weight is 168 g/mol. The standard InChI is InChI=1S/C8H12N2S/c11-5-8-3-9-6-10(8)4-7-1-2-7/h3,6-7,11H,1-2,4-5H2. The molecule has 3 heteroatoms. The third kappa shape index (κ3) is 1.59. The Morgan fingerprint density at radius 1 is 1.64 bits per heavy atom. The van der Waals surface area contributed by atoms with Gasteiger partial charge in [0.15, 0.2) is 0 Å². The monoisotopic (exact) mass is 168 g/mol. The highest BCUT2D eigenvalue weighted by Crippen LogP contribution is 2.30.